The van der Waals surface area contributed by atoms with Crippen LogP contribution in [0.15, 0.2) is 18.7 Å². The first-order valence-electron chi connectivity index (χ1n) is 9.03. The van der Waals surface area contributed by atoms with Crippen molar-refractivity contribution in [3.63, 3.8) is 0 Å². The fraction of sp³-hybridized carbons (Fsp3) is 0.750. The van der Waals surface area contributed by atoms with Crippen molar-refractivity contribution in [2.45, 2.75) is 48.3 Å². The van der Waals surface area contributed by atoms with Crippen molar-refractivity contribution in [1.82, 2.24) is 8.69 Å². The third kappa shape index (κ3) is 12.7. The van der Waals surface area contributed by atoms with E-state index in [1.54, 1.807) is 0 Å². The van der Waals surface area contributed by atoms with Gasteiger partial charge in [0.1, 0.15) is 12.4 Å². The molecule has 28 heteroatoms. The Hall–Kier alpha value is -1.91. The fourth-order valence-corrected chi connectivity index (χ4v) is 5.05. The number of hydrogen-bond donors (Lipinski definition) is 1. The molecule has 1 aromatic heterocycles. The maximum Gasteiger partial charge on any atom is 0.512 e. The Bertz CT molecular complexity index is 1220. The monoisotopic (exact) mass is 700 g/mol. The minimum absolute atomic E-state index is 0.493. The van der Waals surface area contributed by atoms with Crippen molar-refractivity contribution in [2.75, 3.05) is 0 Å². The average Bonchev–Trinajstić information content (AvgIpc) is 3.07. The Morgan fingerprint density at radius 2 is 1.05 bits per heavy atom. The molecule has 0 bridgehead atoms. The number of alkyl halides is 12. The van der Waals surface area contributed by atoms with Crippen LogP contribution >= 0.6 is 0 Å². The second-order valence-electron chi connectivity index (χ2n) is 6.57. The predicted octanol–water partition coefficient (Wildman–Crippen LogP) is 2.45. The summed E-state index contributed by atoms with van der Waals surface area (Å²) in [4.78, 5) is 0. The Labute approximate surface area is 218 Å². The lowest BCUT2D eigenvalue weighted by Gasteiger charge is -2.22. The van der Waals surface area contributed by atoms with Gasteiger partial charge in [0.05, 0.1) is 13.6 Å². The molecule has 0 radical (unpaired) electrons. The topological polar surface area (TPSA) is 171 Å². The van der Waals surface area contributed by atoms with Crippen LogP contribution in [0.25, 0.3) is 4.13 Å². The number of rotatable bonds is 7. The first-order valence-corrected chi connectivity index (χ1v) is 14.9. The van der Waals surface area contributed by atoms with Gasteiger partial charge in [0.25, 0.3) is 0 Å². The highest BCUT2D eigenvalue weighted by molar-refractivity contribution is 8.13. The first kappa shape index (κ1) is 40.2. The van der Waals surface area contributed by atoms with Gasteiger partial charge in [-0.3, -0.25) is 0 Å². The van der Waals surface area contributed by atoms with Gasteiger partial charge in [-0.1, -0.05) is 17.5 Å². The highest BCUT2D eigenvalue weighted by atomic mass is 32.3. The van der Waals surface area contributed by atoms with E-state index in [1.807, 2.05) is 7.05 Å². The number of sulfonamides is 4. The van der Waals surface area contributed by atoms with E-state index in [0.29, 0.717) is 0 Å². The summed E-state index contributed by atoms with van der Waals surface area (Å²) in [5, 5.41) is 0. The van der Waals surface area contributed by atoms with Gasteiger partial charge in [0, 0.05) is 0 Å². The molecule has 0 aliphatic rings. The molecule has 40 heavy (non-hydrogen) atoms. The maximum atomic E-state index is 11.5. The molecule has 1 N–H and O–H groups in total. The SMILES string of the molecule is CCCCn1cc[n+](C)c1.O=S(=O)(NS(=O)(=O)C(F)(F)F)C(F)(F)F.O=S(=O)([N-]S(=O)(=O)C(F)(F)F)C(F)(F)F. The lowest BCUT2D eigenvalue weighted by molar-refractivity contribution is -0.671. The Morgan fingerprint density at radius 3 is 1.27 bits per heavy atom. The number of aryl methyl sites for hydroxylation is 2. The zero-order chi connectivity index (χ0) is 32.8. The van der Waals surface area contributed by atoms with E-state index < -0.39 is 66.3 Å². The van der Waals surface area contributed by atoms with Crippen LogP contribution in [0.3, 0.4) is 0 Å². The molecule has 0 aliphatic carbocycles. The number of hydrogen-bond acceptors (Lipinski definition) is 8. The molecule has 0 aliphatic heterocycles. The van der Waals surface area contributed by atoms with Crippen molar-refractivity contribution < 1.29 is 90.9 Å². The van der Waals surface area contributed by atoms with Crippen LogP contribution in [-0.4, -0.2) is 60.3 Å². The lowest BCUT2D eigenvalue weighted by atomic mass is 10.3. The zero-order valence-corrected chi connectivity index (χ0v) is 22.4. The summed E-state index contributed by atoms with van der Waals surface area (Å²) in [6, 6.07) is 0. The minimum atomic E-state index is -6.72. The second kappa shape index (κ2) is 13.4. The molecule has 0 saturated carbocycles. The van der Waals surface area contributed by atoms with Crippen molar-refractivity contribution in [3.05, 3.63) is 22.8 Å². The highest BCUT2D eigenvalue weighted by Crippen LogP contribution is 2.36. The van der Waals surface area contributed by atoms with Crippen LogP contribution in [0, 0.1) is 0 Å². The number of unbranched alkanes of at least 4 members (excludes halogenated alkanes) is 1. The van der Waals surface area contributed by atoms with Crippen LogP contribution in [0.1, 0.15) is 19.8 Å². The number of halogens is 12. The zero-order valence-electron chi connectivity index (χ0n) is 19.1. The average molecular weight is 701 g/mol. The molecule has 1 rings (SSSR count). The lowest BCUT2D eigenvalue weighted by Crippen LogP contribution is -2.45. The predicted molar refractivity (Wildman–Crippen MR) is 107 cm³/mol. The summed E-state index contributed by atoms with van der Waals surface area (Å²) in [6.45, 7) is 3.36. The van der Waals surface area contributed by atoms with Gasteiger partial charge in [-0.05, 0) is 6.42 Å². The standard InChI is InChI=1S/C8H15N2.C2HF6NO4S2.C2F6NO4S2/c1-3-4-5-10-7-6-9(2)8-10;2*3-1(4,5)14(10,11)9-15(12,13)2(6,7)8/h6-8H,3-5H2,1-2H3;9H;/q+1;;-1. The van der Waals surface area contributed by atoms with Gasteiger partial charge in [0.2, 0.25) is 6.33 Å². The summed E-state index contributed by atoms with van der Waals surface area (Å²) in [5.41, 5.74) is -24.7. The van der Waals surface area contributed by atoms with E-state index in [0.717, 1.165) is 10.7 Å². The molecule has 240 valence electrons. The minimum Gasteiger partial charge on any atom is -0.421 e. The molecular formula is C12H16F12N4O8S4. The van der Waals surface area contributed by atoms with E-state index in [1.165, 1.54) is 12.8 Å². The highest BCUT2D eigenvalue weighted by Gasteiger charge is 2.55. The molecule has 0 aromatic carbocycles. The summed E-state index contributed by atoms with van der Waals surface area (Å²) in [6.07, 6.45) is 8.82. The van der Waals surface area contributed by atoms with Crippen LogP contribution in [0.2, 0.25) is 0 Å². The summed E-state index contributed by atoms with van der Waals surface area (Å²) in [5.74, 6) is 0. The Kier molecular flexibility index (Phi) is 13.5. The molecule has 0 atom stereocenters. The summed E-state index contributed by atoms with van der Waals surface area (Å²) >= 11 is 0. The van der Waals surface area contributed by atoms with E-state index in [2.05, 4.69) is 34.8 Å². The van der Waals surface area contributed by atoms with Gasteiger partial charge < -0.3 is 4.13 Å². The number of nitrogens with one attached hydrogen (secondary N) is 1. The second-order valence-corrected chi connectivity index (χ2v) is 13.6. The van der Waals surface area contributed by atoms with Crippen molar-refractivity contribution in [2.24, 2.45) is 7.05 Å². The molecule has 12 nitrogen and oxygen atoms in total. The molecule has 1 heterocycles. The molecular weight excluding hydrogens is 684 g/mol. The van der Waals surface area contributed by atoms with Crippen molar-refractivity contribution in [1.29, 1.82) is 0 Å². The van der Waals surface area contributed by atoms with Crippen LogP contribution in [-0.2, 0) is 53.7 Å². The summed E-state index contributed by atoms with van der Waals surface area (Å²) in [7, 11) is -24.6. The molecule has 0 amide bonds. The number of aromatic nitrogens is 2. The molecule has 0 fully saturated rings. The van der Waals surface area contributed by atoms with Crippen LogP contribution < -0.4 is 8.69 Å². The van der Waals surface area contributed by atoms with E-state index in [9.17, 15) is 86.4 Å². The van der Waals surface area contributed by atoms with Crippen molar-refractivity contribution in [3.8, 4) is 0 Å². The van der Waals surface area contributed by atoms with E-state index >= 15 is 0 Å². The molecule has 1 aromatic rings. The Balaban J connectivity index is 0. The van der Waals surface area contributed by atoms with Crippen LogP contribution in [0.5, 0.6) is 0 Å². The van der Waals surface area contributed by atoms with E-state index in [-0.39, 0.29) is 0 Å². The van der Waals surface area contributed by atoms with E-state index in [4.69, 9.17) is 0 Å². The third-order valence-corrected chi connectivity index (χ3v) is 8.92. The van der Waals surface area contributed by atoms with Gasteiger partial charge in [-0.25, -0.2) is 42.8 Å². The fourth-order valence-electron chi connectivity index (χ4n) is 1.43. The third-order valence-electron chi connectivity index (χ3n) is 3.20. The van der Waals surface area contributed by atoms with Gasteiger partial charge >= 0.3 is 42.1 Å². The maximum absolute atomic E-state index is 11.5. The van der Waals surface area contributed by atoms with Gasteiger partial charge in [-0.15, -0.1) is 0 Å². The number of imidazole rings is 1. The van der Waals surface area contributed by atoms with Crippen molar-refractivity contribution >= 4 is 40.1 Å². The smallest absolute Gasteiger partial charge is 0.421 e. The van der Waals surface area contributed by atoms with Gasteiger partial charge in [-0.2, -0.15) is 52.7 Å². The Morgan fingerprint density at radius 1 is 0.700 bits per heavy atom. The molecule has 0 unspecified atom stereocenters. The summed E-state index contributed by atoms with van der Waals surface area (Å²) < 4.78 is 222. The normalized spacial score (nSPS) is 14.1. The van der Waals surface area contributed by atoms with Gasteiger partial charge in [0.15, 0.2) is 20.0 Å². The van der Waals surface area contributed by atoms with Crippen LogP contribution in [0.4, 0.5) is 52.7 Å². The largest absolute Gasteiger partial charge is 0.512 e. The quantitative estimate of drug-likeness (QED) is 0.334. The molecule has 0 saturated heterocycles. The number of nitrogens with zero attached hydrogens (tertiary/aromatic N) is 3. The molecule has 0 spiro atoms. The first-order chi connectivity index (χ1) is 17.2.